The van der Waals surface area contributed by atoms with Crippen molar-refractivity contribution in [2.45, 2.75) is 6.10 Å². The molecule has 1 aromatic heterocycles. The molecule has 0 aliphatic rings. The van der Waals surface area contributed by atoms with E-state index in [1.165, 1.54) is 25.3 Å². The molecule has 18 heavy (non-hydrogen) atoms. The molecule has 1 aromatic carbocycles. The van der Waals surface area contributed by atoms with E-state index in [2.05, 4.69) is 0 Å². The van der Waals surface area contributed by atoms with Gasteiger partial charge in [-0.25, -0.2) is 4.39 Å². The number of ether oxygens (including phenoxy) is 1. The Balaban J connectivity index is 2.48. The number of hydrogen-bond donors (Lipinski definition) is 1. The topological polar surface area (TPSA) is 29.5 Å². The average molecular weight is 307 g/mol. The highest BCUT2D eigenvalue weighted by Crippen LogP contribution is 2.39. The van der Waals surface area contributed by atoms with Crippen molar-refractivity contribution in [3.8, 4) is 5.75 Å². The molecule has 1 heterocycles. The van der Waals surface area contributed by atoms with Crippen LogP contribution in [0.15, 0.2) is 24.3 Å². The van der Waals surface area contributed by atoms with Crippen molar-refractivity contribution in [3.63, 3.8) is 0 Å². The van der Waals surface area contributed by atoms with Gasteiger partial charge in [0, 0.05) is 11.1 Å². The first-order valence-electron chi connectivity index (χ1n) is 4.99. The lowest BCUT2D eigenvalue weighted by Crippen LogP contribution is -2.02. The quantitative estimate of drug-likeness (QED) is 0.917. The number of aliphatic hydroxyl groups excluding tert-OH is 1. The molecule has 1 atom stereocenters. The fourth-order valence-electron chi connectivity index (χ4n) is 1.63. The molecule has 0 amide bonds. The zero-order chi connectivity index (χ0) is 13.3. The van der Waals surface area contributed by atoms with Gasteiger partial charge in [0.05, 0.1) is 11.4 Å². The Morgan fingerprint density at radius 2 is 2.00 bits per heavy atom. The van der Waals surface area contributed by atoms with E-state index in [9.17, 15) is 9.50 Å². The number of aliphatic hydroxyl groups is 1. The normalized spacial score (nSPS) is 12.5. The van der Waals surface area contributed by atoms with Crippen LogP contribution in [0.25, 0.3) is 0 Å². The molecule has 6 heteroatoms. The van der Waals surface area contributed by atoms with Crippen LogP contribution in [0.3, 0.4) is 0 Å². The van der Waals surface area contributed by atoms with Crippen LogP contribution < -0.4 is 4.74 Å². The van der Waals surface area contributed by atoms with Gasteiger partial charge in [-0.3, -0.25) is 0 Å². The van der Waals surface area contributed by atoms with Gasteiger partial charge >= 0.3 is 0 Å². The smallest absolute Gasteiger partial charge is 0.125 e. The first-order chi connectivity index (χ1) is 8.52. The molecule has 2 nitrogen and oxygen atoms in total. The number of hydrogen-bond acceptors (Lipinski definition) is 3. The third-order valence-electron chi connectivity index (χ3n) is 2.46. The van der Waals surface area contributed by atoms with Gasteiger partial charge in [-0.1, -0.05) is 23.2 Å². The Labute approximate surface area is 118 Å². The minimum Gasteiger partial charge on any atom is -0.496 e. The fourth-order valence-corrected chi connectivity index (χ4v) is 3.15. The van der Waals surface area contributed by atoms with Crippen LogP contribution >= 0.6 is 34.5 Å². The minimum atomic E-state index is -1.08. The third kappa shape index (κ3) is 2.62. The summed E-state index contributed by atoms with van der Waals surface area (Å²) in [5.74, 6) is -0.0652. The molecule has 0 bridgehead atoms. The summed E-state index contributed by atoms with van der Waals surface area (Å²) in [4.78, 5) is 0. The molecule has 1 N–H and O–H groups in total. The molecule has 0 aliphatic carbocycles. The van der Waals surface area contributed by atoms with E-state index in [-0.39, 0.29) is 0 Å². The summed E-state index contributed by atoms with van der Waals surface area (Å²) in [5.41, 5.74) is 0.754. The van der Waals surface area contributed by atoms with Crippen LogP contribution in [0.4, 0.5) is 4.39 Å². The highest BCUT2D eigenvalue weighted by atomic mass is 35.5. The molecule has 0 aliphatic heterocycles. The van der Waals surface area contributed by atoms with E-state index < -0.39 is 11.9 Å². The van der Waals surface area contributed by atoms with Gasteiger partial charge in [0.1, 0.15) is 22.0 Å². The highest BCUT2D eigenvalue weighted by molar-refractivity contribution is 7.20. The molecule has 0 radical (unpaired) electrons. The monoisotopic (exact) mass is 306 g/mol. The van der Waals surface area contributed by atoms with Crippen LogP contribution in [0.1, 0.15) is 17.2 Å². The van der Waals surface area contributed by atoms with Crippen LogP contribution in [0, 0.1) is 5.82 Å². The zero-order valence-electron chi connectivity index (χ0n) is 9.28. The first-order valence-corrected chi connectivity index (χ1v) is 6.56. The summed E-state index contributed by atoms with van der Waals surface area (Å²) in [7, 11) is 1.45. The molecule has 96 valence electrons. The molecule has 0 saturated carbocycles. The standard InChI is InChI=1S/C12H9Cl2FO2S/c1-17-9-3-2-6(15)4-7(9)11(16)8-5-10(13)18-12(8)14/h2-5,11,16H,1H3. The van der Waals surface area contributed by atoms with Gasteiger partial charge in [0.25, 0.3) is 0 Å². The lowest BCUT2D eigenvalue weighted by molar-refractivity contribution is 0.214. The van der Waals surface area contributed by atoms with Crippen LogP contribution in [-0.2, 0) is 0 Å². The van der Waals surface area contributed by atoms with E-state index in [1.54, 1.807) is 6.07 Å². The third-order valence-corrected chi connectivity index (χ3v) is 3.98. The molecule has 0 fully saturated rings. The van der Waals surface area contributed by atoms with Crippen molar-refractivity contribution in [2.24, 2.45) is 0 Å². The van der Waals surface area contributed by atoms with Crippen molar-refractivity contribution >= 4 is 34.5 Å². The maximum Gasteiger partial charge on any atom is 0.125 e. The molecule has 0 spiro atoms. The van der Waals surface area contributed by atoms with Gasteiger partial charge in [-0.2, -0.15) is 0 Å². The first kappa shape index (κ1) is 13.6. The highest BCUT2D eigenvalue weighted by Gasteiger charge is 2.21. The van der Waals surface area contributed by atoms with Gasteiger partial charge < -0.3 is 9.84 Å². The van der Waals surface area contributed by atoms with Crippen molar-refractivity contribution in [3.05, 3.63) is 49.9 Å². The summed E-state index contributed by atoms with van der Waals surface area (Å²) >= 11 is 12.9. The maximum atomic E-state index is 13.2. The summed E-state index contributed by atoms with van der Waals surface area (Å²) in [5, 5.41) is 10.2. The Morgan fingerprint density at radius 3 is 2.56 bits per heavy atom. The summed E-state index contributed by atoms with van der Waals surface area (Å²) < 4.78 is 19.2. The SMILES string of the molecule is COc1ccc(F)cc1C(O)c1cc(Cl)sc1Cl. The number of benzene rings is 1. The largest absolute Gasteiger partial charge is 0.496 e. The minimum absolute atomic E-state index is 0.314. The second-order valence-electron chi connectivity index (χ2n) is 3.57. The zero-order valence-corrected chi connectivity index (χ0v) is 11.6. The van der Waals surface area contributed by atoms with E-state index >= 15 is 0 Å². The van der Waals surface area contributed by atoms with Crippen LogP contribution in [0.5, 0.6) is 5.75 Å². The molecule has 2 aromatic rings. The van der Waals surface area contributed by atoms with E-state index in [1.807, 2.05) is 0 Å². The number of methoxy groups -OCH3 is 1. The van der Waals surface area contributed by atoms with Crippen LogP contribution in [-0.4, -0.2) is 12.2 Å². The number of rotatable bonds is 3. The van der Waals surface area contributed by atoms with Crippen molar-refractivity contribution < 1.29 is 14.2 Å². The van der Waals surface area contributed by atoms with Crippen LogP contribution in [0.2, 0.25) is 8.67 Å². The van der Waals surface area contributed by atoms with Crippen molar-refractivity contribution in [1.29, 1.82) is 0 Å². The van der Waals surface area contributed by atoms with Crippen molar-refractivity contribution in [1.82, 2.24) is 0 Å². The predicted molar refractivity (Wildman–Crippen MR) is 71.4 cm³/mol. The fraction of sp³-hybridized carbons (Fsp3) is 0.167. The summed E-state index contributed by atoms with van der Waals surface area (Å²) in [6, 6.07) is 5.49. The maximum absolute atomic E-state index is 13.2. The summed E-state index contributed by atoms with van der Waals surface area (Å²) in [6.07, 6.45) is -1.08. The number of thiophene rings is 1. The summed E-state index contributed by atoms with van der Waals surface area (Å²) in [6.45, 7) is 0. The van der Waals surface area contributed by atoms with E-state index in [0.717, 1.165) is 11.3 Å². The van der Waals surface area contributed by atoms with E-state index in [4.69, 9.17) is 27.9 Å². The molecule has 2 rings (SSSR count). The Kier molecular flexibility index (Phi) is 4.12. The Bertz CT molecular complexity index is 571. The lowest BCUT2D eigenvalue weighted by atomic mass is 10.0. The van der Waals surface area contributed by atoms with Gasteiger partial charge in [0.15, 0.2) is 0 Å². The second kappa shape index (κ2) is 5.45. The lowest BCUT2D eigenvalue weighted by Gasteiger charge is -2.14. The molecular formula is C12H9Cl2FO2S. The molecule has 0 saturated heterocycles. The average Bonchev–Trinajstić information content (AvgIpc) is 2.67. The van der Waals surface area contributed by atoms with Gasteiger partial charge in [0.2, 0.25) is 0 Å². The van der Waals surface area contributed by atoms with Crippen molar-refractivity contribution in [2.75, 3.05) is 7.11 Å². The molecule has 1 unspecified atom stereocenters. The molecular weight excluding hydrogens is 298 g/mol. The van der Waals surface area contributed by atoms with E-state index in [0.29, 0.717) is 25.5 Å². The Morgan fingerprint density at radius 1 is 1.28 bits per heavy atom. The second-order valence-corrected chi connectivity index (χ2v) is 5.85. The van der Waals surface area contributed by atoms with Gasteiger partial charge in [-0.05, 0) is 24.3 Å². The predicted octanol–water partition coefficient (Wildman–Crippen LogP) is 4.28. The number of halogens is 3. The Hall–Kier alpha value is -0.810. The van der Waals surface area contributed by atoms with Gasteiger partial charge in [-0.15, -0.1) is 11.3 Å².